The maximum Gasteiger partial charge on any atom is 0.314 e. The summed E-state index contributed by atoms with van der Waals surface area (Å²) < 4.78 is 12.7. The average Bonchev–Trinajstić information content (AvgIpc) is 2.13. The Kier molecular flexibility index (Phi) is 2.25. The molecule has 0 spiro atoms. The predicted molar refractivity (Wildman–Crippen MR) is 54.1 cm³/mol. The SMILES string of the molecule is CC1CC(C(=O)O)(c2ccc(F)cc2)C1. The van der Waals surface area contributed by atoms with E-state index in [-0.39, 0.29) is 5.82 Å². The quantitative estimate of drug-likeness (QED) is 0.811. The number of hydrogen-bond donors (Lipinski definition) is 1. The van der Waals surface area contributed by atoms with Crippen LogP contribution in [0, 0.1) is 11.7 Å². The molecule has 1 aromatic carbocycles. The molecule has 0 atom stereocenters. The molecule has 0 amide bonds. The van der Waals surface area contributed by atoms with Crippen LogP contribution < -0.4 is 0 Å². The first-order valence-electron chi connectivity index (χ1n) is 5.04. The van der Waals surface area contributed by atoms with Crippen molar-refractivity contribution in [2.75, 3.05) is 0 Å². The third-order valence-corrected chi connectivity index (χ3v) is 3.20. The van der Waals surface area contributed by atoms with Crippen molar-refractivity contribution >= 4 is 5.97 Å². The lowest BCUT2D eigenvalue weighted by molar-refractivity contribution is -0.149. The summed E-state index contributed by atoms with van der Waals surface area (Å²) in [4.78, 5) is 11.2. The smallest absolute Gasteiger partial charge is 0.314 e. The first kappa shape index (κ1) is 10.1. The Hall–Kier alpha value is -1.38. The van der Waals surface area contributed by atoms with Crippen molar-refractivity contribution in [3.63, 3.8) is 0 Å². The normalized spacial score (nSPS) is 29.6. The number of rotatable bonds is 2. The van der Waals surface area contributed by atoms with Crippen molar-refractivity contribution in [3.05, 3.63) is 35.6 Å². The number of hydrogen-bond acceptors (Lipinski definition) is 1. The summed E-state index contributed by atoms with van der Waals surface area (Å²) >= 11 is 0. The molecule has 1 N–H and O–H groups in total. The Labute approximate surface area is 87.7 Å². The van der Waals surface area contributed by atoms with E-state index in [4.69, 9.17) is 0 Å². The van der Waals surface area contributed by atoms with E-state index < -0.39 is 11.4 Å². The molecule has 0 bridgehead atoms. The summed E-state index contributed by atoms with van der Waals surface area (Å²) in [7, 11) is 0. The van der Waals surface area contributed by atoms with E-state index in [1.165, 1.54) is 12.1 Å². The van der Waals surface area contributed by atoms with E-state index in [2.05, 4.69) is 0 Å². The van der Waals surface area contributed by atoms with E-state index in [0.717, 1.165) is 5.56 Å². The van der Waals surface area contributed by atoms with Crippen molar-refractivity contribution in [2.24, 2.45) is 5.92 Å². The molecule has 2 rings (SSSR count). The minimum Gasteiger partial charge on any atom is -0.481 e. The van der Waals surface area contributed by atoms with Crippen LogP contribution >= 0.6 is 0 Å². The highest BCUT2D eigenvalue weighted by Gasteiger charge is 2.49. The van der Waals surface area contributed by atoms with Gasteiger partial charge in [-0.3, -0.25) is 4.79 Å². The molecule has 1 saturated carbocycles. The summed E-state index contributed by atoms with van der Waals surface area (Å²) in [6, 6.07) is 5.80. The lowest BCUT2D eigenvalue weighted by Gasteiger charge is -2.43. The summed E-state index contributed by atoms with van der Waals surface area (Å²) in [6.45, 7) is 2.03. The number of aliphatic carboxylic acids is 1. The molecule has 1 aliphatic carbocycles. The van der Waals surface area contributed by atoms with Crippen LogP contribution in [0.5, 0.6) is 0 Å². The van der Waals surface area contributed by atoms with Gasteiger partial charge in [-0.25, -0.2) is 4.39 Å². The molecule has 0 saturated heterocycles. The van der Waals surface area contributed by atoms with E-state index in [1.54, 1.807) is 12.1 Å². The highest BCUT2D eigenvalue weighted by molar-refractivity contribution is 5.82. The van der Waals surface area contributed by atoms with Gasteiger partial charge >= 0.3 is 5.97 Å². The molecule has 0 radical (unpaired) electrons. The highest BCUT2D eigenvalue weighted by atomic mass is 19.1. The van der Waals surface area contributed by atoms with Gasteiger partial charge in [0.05, 0.1) is 5.41 Å². The summed E-state index contributed by atoms with van der Waals surface area (Å²) in [5.41, 5.74) is -0.0536. The molecule has 0 aromatic heterocycles. The third-order valence-electron chi connectivity index (χ3n) is 3.20. The van der Waals surface area contributed by atoms with Crippen molar-refractivity contribution in [2.45, 2.75) is 25.2 Å². The summed E-state index contributed by atoms with van der Waals surface area (Å²) in [6.07, 6.45) is 1.29. The number of carboxylic acids is 1. The van der Waals surface area contributed by atoms with E-state index >= 15 is 0 Å². The molecule has 2 nitrogen and oxygen atoms in total. The van der Waals surface area contributed by atoms with E-state index in [9.17, 15) is 14.3 Å². The Balaban J connectivity index is 2.34. The Bertz CT molecular complexity index is 377. The molecule has 1 aliphatic rings. The fourth-order valence-corrected chi connectivity index (χ4v) is 2.43. The molecule has 1 fully saturated rings. The van der Waals surface area contributed by atoms with Gasteiger partial charge in [0.15, 0.2) is 0 Å². The fraction of sp³-hybridized carbons (Fsp3) is 0.417. The van der Waals surface area contributed by atoms with Gasteiger partial charge in [-0.15, -0.1) is 0 Å². The zero-order valence-corrected chi connectivity index (χ0v) is 8.53. The second-order valence-corrected chi connectivity index (χ2v) is 4.41. The standard InChI is InChI=1S/C12H13FO2/c1-8-6-12(7-8,11(14)15)9-2-4-10(13)5-3-9/h2-5,8H,6-7H2,1H3,(H,14,15). The van der Waals surface area contributed by atoms with Gasteiger partial charge < -0.3 is 5.11 Å². The maximum absolute atomic E-state index is 12.7. The Morgan fingerprint density at radius 1 is 1.40 bits per heavy atom. The van der Waals surface area contributed by atoms with Crippen LogP contribution in [0.1, 0.15) is 25.3 Å². The number of halogens is 1. The molecule has 80 valence electrons. The fourth-order valence-electron chi connectivity index (χ4n) is 2.43. The lowest BCUT2D eigenvalue weighted by Crippen LogP contribution is -2.46. The minimum atomic E-state index is -0.799. The zero-order valence-electron chi connectivity index (χ0n) is 8.53. The molecule has 15 heavy (non-hydrogen) atoms. The largest absolute Gasteiger partial charge is 0.481 e. The second-order valence-electron chi connectivity index (χ2n) is 4.41. The summed E-state index contributed by atoms with van der Waals surface area (Å²) in [5, 5.41) is 9.23. The monoisotopic (exact) mass is 208 g/mol. The predicted octanol–water partition coefficient (Wildman–Crippen LogP) is 2.58. The Morgan fingerprint density at radius 2 is 1.93 bits per heavy atom. The van der Waals surface area contributed by atoms with Gasteiger partial charge in [0.1, 0.15) is 5.82 Å². The first-order chi connectivity index (χ1) is 7.04. The van der Waals surface area contributed by atoms with Crippen molar-refractivity contribution < 1.29 is 14.3 Å². The van der Waals surface area contributed by atoms with Crippen LogP contribution in [-0.2, 0) is 10.2 Å². The van der Waals surface area contributed by atoms with Gasteiger partial charge in [-0.05, 0) is 36.5 Å². The lowest BCUT2D eigenvalue weighted by atomic mass is 9.59. The molecule has 0 aliphatic heterocycles. The van der Waals surface area contributed by atoms with Crippen molar-refractivity contribution in [3.8, 4) is 0 Å². The first-order valence-corrected chi connectivity index (χ1v) is 5.04. The van der Waals surface area contributed by atoms with Gasteiger partial charge in [0, 0.05) is 0 Å². The zero-order chi connectivity index (χ0) is 11.1. The molecule has 1 aromatic rings. The molecule has 0 heterocycles. The number of benzene rings is 1. The molecule has 0 unspecified atom stereocenters. The summed E-state index contributed by atoms with van der Waals surface area (Å²) in [5.74, 6) is -0.690. The van der Waals surface area contributed by atoms with Crippen molar-refractivity contribution in [1.82, 2.24) is 0 Å². The van der Waals surface area contributed by atoms with Gasteiger partial charge in [0.2, 0.25) is 0 Å². The third kappa shape index (κ3) is 1.52. The molecular weight excluding hydrogens is 195 g/mol. The van der Waals surface area contributed by atoms with Crippen molar-refractivity contribution in [1.29, 1.82) is 0 Å². The Morgan fingerprint density at radius 3 is 2.33 bits per heavy atom. The maximum atomic E-state index is 12.7. The van der Waals surface area contributed by atoms with Gasteiger partial charge in [-0.2, -0.15) is 0 Å². The van der Waals surface area contributed by atoms with Crippen LogP contribution in [-0.4, -0.2) is 11.1 Å². The van der Waals surface area contributed by atoms with E-state index in [1.807, 2.05) is 6.92 Å². The topological polar surface area (TPSA) is 37.3 Å². The van der Waals surface area contributed by atoms with Gasteiger partial charge in [-0.1, -0.05) is 19.1 Å². The number of carboxylic acid groups (broad SMARTS) is 1. The van der Waals surface area contributed by atoms with Crippen LogP contribution in [0.4, 0.5) is 4.39 Å². The van der Waals surface area contributed by atoms with Crippen LogP contribution in [0.15, 0.2) is 24.3 Å². The highest BCUT2D eigenvalue weighted by Crippen LogP contribution is 2.47. The van der Waals surface area contributed by atoms with Crippen LogP contribution in [0.2, 0.25) is 0 Å². The number of carbonyl (C=O) groups is 1. The average molecular weight is 208 g/mol. The van der Waals surface area contributed by atoms with Crippen LogP contribution in [0.25, 0.3) is 0 Å². The molecule has 3 heteroatoms. The van der Waals surface area contributed by atoms with E-state index in [0.29, 0.717) is 18.8 Å². The van der Waals surface area contributed by atoms with Crippen LogP contribution in [0.3, 0.4) is 0 Å². The molecular formula is C12H13FO2. The van der Waals surface area contributed by atoms with Gasteiger partial charge in [0.25, 0.3) is 0 Å². The second kappa shape index (κ2) is 3.33. The minimum absolute atomic E-state index is 0.327.